The largest absolute Gasteiger partial charge is 0.490 e. The smallest absolute Gasteiger partial charge is 0.389 e. The molecule has 4 rings (SSSR count). The van der Waals surface area contributed by atoms with Gasteiger partial charge in [-0.1, -0.05) is 13.5 Å². The zero-order valence-corrected chi connectivity index (χ0v) is 18.6. The van der Waals surface area contributed by atoms with Crippen LogP contribution in [0.15, 0.2) is 30.5 Å². The number of nitrogens with zero attached hydrogens (tertiary/aromatic N) is 6. The van der Waals surface area contributed by atoms with Crippen LogP contribution < -0.4 is 15.0 Å². The summed E-state index contributed by atoms with van der Waals surface area (Å²) in [7, 11) is 0. The third-order valence-electron chi connectivity index (χ3n) is 5.17. The van der Waals surface area contributed by atoms with Gasteiger partial charge in [-0.15, -0.1) is 5.10 Å². The Morgan fingerprint density at radius 1 is 1.34 bits per heavy atom. The van der Waals surface area contributed by atoms with Crippen LogP contribution in [0.2, 0.25) is 0 Å². The summed E-state index contributed by atoms with van der Waals surface area (Å²) in [5.41, 5.74) is 1.43. The molecule has 0 radical (unpaired) electrons. The normalized spacial score (nSPS) is 19.5. The van der Waals surface area contributed by atoms with Gasteiger partial charge in [0.2, 0.25) is 11.1 Å². The number of pyridine rings is 1. The Bertz CT molecular complexity index is 1100. The van der Waals surface area contributed by atoms with Gasteiger partial charge in [0.15, 0.2) is 11.4 Å². The van der Waals surface area contributed by atoms with Crippen molar-refractivity contribution in [1.29, 1.82) is 0 Å². The lowest BCUT2D eigenvalue weighted by molar-refractivity contribution is -0.136. The van der Waals surface area contributed by atoms with Gasteiger partial charge in [0, 0.05) is 37.2 Å². The molecule has 0 aliphatic carbocycles. The van der Waals surface area contributed by atoms with E-state index in [-0.39, 0.29) is 25.0 Å². The van der Waals surface area contributed by atoms with Crippen LogP contribution in [0.5, 0.6) is 5.75 Å². The maximum absolute atomic E-state index is 12.3. The first kappa shape index (κ1) is 22.3. The van der Waals surface area contributed by atoms with Crippen molar-refractivity contribution in [1.82, 2.24) is 24.0 Å². The van der Waals surface area contributed by atoms with E-state index in [1.54, 1.807) is 22.8 Å². The summed E-state index contributed by atoms with van der Waals surface area (Å²) in [6, 6.07) is 3.36. The average Bonchev–Trinajstić information content (AvgIpc) is 3.33. The predicted molar refractivity (Wildman–Crippen MR) is 116 cm³/mol. The number of rotatable bonds is 7. The van der Waals surface area contributed by atoms with Gasteiger partial charge in [-0.3, -0.25) is 0 Å². The zero-order valence-electron chi connectivity index (χ0n) is 17.8. The molecule has 0 amide bonds. The highest BCUT2D eigenvalue weighted by Gasteiger charge is 2.31. The number of hydrogen-bond acceptors (Lipinski definition) is 8. The van der Waals surface area contributed by atoms with E-state index in [4.69, 9.17) is 4.74 Å². The Kier molecular flexibility index (Phi) is 6.22. The Morgan fingerprint density at radius 3 is 2.84 bits per heavy atom. The van der Waals surface area contributed by atoms with Crippen molar-refractivity contribution in [3.63, 3.8) is 0 Å². The van der Waals surface area contributed by atoms with E-state index in [0.29, 0.717) is 23.9 Å². The standard InChI is InChI=1S/C20H24F3N7OS/c1-12-10-29(19-24-14(3)28-32-19)11-13(2)16(12)25-18-26-17-15(6-4-8-30(17)27-18)31-9-5-7-20(21,22)23/h4,6,8,13,16H,1,5,7,9-11H2,2-3H3,(H,25,27). The fourth-order valence-electron chi connectivity index (χ4n) is 3.72. The summed E-state index contributed by atoms with van der Waals surface area (Å²) >= 11 is 1.38. The molecule has 4 heterocycles. The molecule has 0 spiro atoms. The van der Waals surface area contributed by atoms with Crippen molar-refractivity contribution in [2.75, 3.05) is 29.9 Å². The van der Waals surface area contributed by atoms with Crippen molar-refractivity contribution >= 4 is 28.3 Å². The number of aryl methyl sites for hydroxylation is 1. The monoisotopic (exact) mass is 467 g/mol. The summed E-state index contributed by atoms with van der Waals surface area (Å²) in [6.45, 7) is 9.61. The van der Waals surface area contributed by atoms with Gasteiger partial charge in [-0.25, -0.2) is 9.50 Å². The van der Waals surface area contributed by atoms with E-state index in [1.165, 1.54) is 11.5 Å². The topological polar surface area (TPSA) is 80.5 Å². The van der Waals surface area contributed by atoms with Gasteiger partial charge in [-0.2, -0.15) is 22.5 Å². The highest BCUT2D eigenvalue weighted by molar-refractivity contribution is 7.09. The third kappa shape index (κ3) is 5.12. The maximum Gasteiger partial charge on any atom is 0.389 e. The summed E-state index contributed by atoms with van der Waals surface area (Å²) in [5.74, 6) is 1.78. The molecule has 3 aromatic heterocycles. The molecule has 2 atom stereocenters. The van der Waals surface area contributed by atoms with Crippen LogP contribution in [0, 0.1) is 12.8 Å². The average molecular weight is 468 g/mol. The first-order valence-corrected chi connectivity index (χ1v) is 11.0. The minimum Gasteiger partial charge on any atom is -0.490 e. The second-order valence-electron chi connectivity index (χ2n) is 7.91. The summed E-state index contributed by atoms with van der Waals surface area (Å²) in [6.07, 6.45) is -3.47. The lowest BCUT2D eigenvalue weighted by Crippen LogP contribution is -2.47. The molecule has 1 aliphatic rings. The molecule has 2 unspecified atom stereocenters. The summed E-state index contributed by atoms with van der Waals surface area (Å²) < 4.78 is 48.4. The number of alkyl halides is 3. The minimum atomic E-state index is -4.19. The summed E-state index contributed by atoms with van der Waals surface area (Å²) in [5, 5.41) is 8.68. The van der Waals surface area contributed by atoms with E-state index < -0.39 is 12.6 Å². The van der Waals surface area contributed by atoms with Crippen LogP contribution in [0.4, 0.5) is 24.3 Å². The van der Waals surface area contributed by atoms with Gasteiger partial charge in [-0.05, 0) is 37.0 Å². The number of anilines is 2. The number of halogens is 3. The number of aromatic nitrogens is 5. The number of hydrogen-bond donors (Lipinski definition) is 1. The molecule has 1 aliphatic heterocycles. The molecule has 1 saturated heterocycles. The molecule has 0 aromatic carbocycles. The molecule has 1 N–H and O–H groups in total. The first-order valence-electron chi connectivity index (χ1n) is 10.2. The Labute approximate surface area is 187 Å². The van der Waals surface area contributed by atoms with Crippen LogP contribution in [0.25, 0.3) is 5.65 Å². The van der Waals surface area contributed by atoms with E-state index in [0.717, 1.165) is 23.1 Å². The van der Waals surface area contributed by atoms with Crippen molar-refractivity contribution in [3.05, 3.63) is 36.3 Å². The molecule has 8 nitrogen and oxygen atoms in total. The second-order valence-corrected chi connectivity index (χ2v) is 8.64. The number of nitrogens with one attached hydrogen (secondary N) is 1. The van der Waals surface area contributed by atoms with Crippen LogP contribution in [0.3, 0.4) is 0 Å². The SMILES string of the molecule is C=C1CN(c2nc(C)ns2)CC(C)C1Nc1nc2c(OCCCC(F)(F)F)cccn2n1. The number of piperidine rings is 1. The molecular formula is C20H24F3N7OS. The number of fused-ring (bicyclic) bond motifs is 1. The fraction of sp³-hybridized carbons (Fsp3) is 0.500. The summed E-state index contributed by atoms with van der Waals surface area (Å²) in [4.78, 5) is 11.1. The number of ether oxygens (including phenoxy) is 1. The van der Waals surface area contributed by atoms with Gasteiger partial charge in [0.1, 0.15) is 5.82 Å². The van der Waals surface area contributed by atoms with E-state index >= 15 is 0 Å². The zero-order chi connectivity index (χ0) is 22.9. The van der Waals surface area contributed by atoms with E-state index in [1.807, 2.05) is 6.92 Å². The third-order valence-corrected chi connectivity index (χ3v) is 6.04. The van der Waals surface area contributed by atoms with Gasteiger partial charge in [0.05, 0.1) is 12.6 Å². The highest BCUT2D eigenvalue weighted by atomic mass is 32.1. The van der Waals surface area contributed by atoms with Crippen LogP contribution in [-0.4, -0.2) is 55.9 Å². The highest BCUT2D eigenvalue weighted by Crippen LogP contribution is 2.29. The Hall–Kier alpha value is -2.89. The maximum atomic E-state index is 12.3. The van der Waals surface area contributed by atoms with Crippen molar-refractivity contribution in [2.45, 2.75) is 38.9 Å². The second kappa shape index (κ2) is 8.93. The molecule has 32 heavy (non-hydrogen) atoms. The Balaban J connectivity index is 1.42. The molecule has 3 aromatic rings. The predicted octanol–water partition coefficient (Wildman–Crippen LogP) is 4.10. The van der Waals surface area contributed by atoms with Crippen LogP contribution in [0.1, 0.15) is 25.6 Å². The molecular weight excluding hydrogens is 443 g/mol. The Morgan fingerprint density at radius 2 is 2.16 bits per heavy atom. The van der Waals surface area contributed by atoms with Crippen molar-refractivity contribution < 1.29 is 17.9 Å². The van der Waals surface area contributed by atoms with Gasteiger partial charge in [0.25, 0.3) is 0 Å². The molecule has 12 heteroatoms. The van der Waals surface area contributed by atoms with Crippen LogP contribution >= 0.6 is 11.5 Å². The first-order chi connectivity index (χ1) is 15.2. The van der Waals surface area contributed by atoms with E-state index in [2.05, 4.69) is 43.2 Å². The minimum absolute atomic E-state index is 0.0335. The molecule has 1 fully saturated rings. The molecule has 0 saturated carbocycles. The van der Waals surface area contributed by atoms with Crippen LogP contribution in [-0.2, 0) is 0 Å². The molecule has 172 valence electrons. The van der Waals surface area contributed by atoms with E-state index in [9.17, 15) is 13.2 Å². The van der Waals surface area contributed by atoms with Gasteiger partial charge < -0.3 is 15.0 Å². The lowest BCUT2D eigenvalue weighted by atomic mass is 9.90. The fourth-order valence-corrected chi connectivity index (χ4v) is 4.40. The van der Waals surface area contributed by atoms with Crippen molar-refractivity contribution in [2.24, 2.45) is 5.92 Å². The quantitative estimate of drug-likeness (QED) is 0.414. The van der Waals surface area contributed by atoms with Crippen molar-refractivity contribution in [3.8, 4) is 5.75 Å². The van der Waals surface area contributed by atoms with Gasteiger partial charge >= 0.3 is 6.18 Å². The lowest BCUT2D eigenvalue weighted by Gasteiger charge is -2.38. The molecule has 0 bridgehead atoms.